The van der Waals surface area contributed by atoms with Gasteiger partial charge in [0.25, 0.3) is 5.91 Å². The van der Waals surface area contributed by atoms with Gasteiger partial charge in [-0.2, -0.15) is 0 Å². The van der Waals surface area contributed by atoms with Crippen LogP contribution in [0.1, 0.15) is 34.8 Å². The maximum Gasteiger partial charge on any atom is 0.290 e. The van der Waals surface area contributed by atoms with Crippen LogP contribution in [-0.2, 0) is 6.42 Å². The van der Waals surface area contributed by atoms with Crippen LogP contribution in [0.15, 0.2) is 18.3 Å². The van der Waals surface area contributed by atoms with E-state index in [0.717, 1.165) is 22.2 Å². The highest BCUT2D eigenvalue weighted by Gasteiger charge is 2.32. The molecule has 1 atom stereocenters. The number of nitrogens with zero attached hydrogens (tertiary/aromatic N) is 2. The molecule has 1 amide bonds. The average Bonchev–Trinajstić information content (AvgIpc) is 3.15. The van der Waals surface area contributed by atoms with Crippen molar-refractivity contribution < 1.29 is 9.90 Å². The van der Waals surface area contributed by atoms with E-state index in [1.165, 1.54) is 6.20 Å². The van der Waals surface area contributed by atoms with Gasteiger partial charge in [-0.05, 0) is 13.0 Å². The van der Waals surface area contributed by atoms with Crippen LogP contribution in [0, 0.1) is 0 Å². The maximum absolute atomic E-state index is 12.7. The van der Waals surface area contributed by atoms with Crippen LogP contribution in [0.5, 0.6) is 5.88 Å². The first kappa shape index (κ1) is 15.4. The summed E-state index contributed by atoms with van der Waals surface area (Å²) in [5.74, 6) is -0.246. The van der Waals surface area contributed by atoms with Gasteiger partial charge in [-0.25, -0.2) is 4.98 Å². The number of nitrogens with one attached hydrogen (secondary N) is 2. The topological polar surface area (TPSA) is 85.0 Å². The monoisotopic (exact) mass is 364 g/mol. The first-order valence-electron chi connectivity index (χ1n) is 7.50. The Kier molecular flexibility index (Phi) is 3.47. The fraction of sp³-hybridized carbons (Fsp3) is 0.250. The van der Waals surface area contributed by atoms with E-state index in [1.54, 1.807) is 11.0 Å². The molecule has 24 heavy (non-hydrogen) atoms. The van der Waals surface area contributed by atoms with E-state index in [-0.39, 0.29) is 23.7 Å². The predicted molar refractivity (Wildman–Crippen MR) is 91.7 cm³/mol. The van der Waals surface area contributed by atoms with Gasteiger partial charge in [0.1, 0.15) is 0 Å². The van der Waals surface area contributed by atoms with Crippen molar-refractivity contribution in [2.75, 3.05) is 6.54 Å². The van der Waals surface area contributed by atoms with Gasteiger partial charge in [0, 0.05) is 29.6 Å². The lowest BCUT2D eigenvalue weighted by atomic mass is 9.97. The molecule has 1 aromatic carbocycles. The van der Waals surface area contributed by atoms with Crippen molar-refractivity contribution in [2.45, 2.75) is 19.4 Å². The van der Waals surface area contributed by atoms with Crippen molar-refractivity contribution in [2.24, 2.45) is 0 Å². The minimum Gasteiger partial charge on any atom is -0.493 e. The smallest absolute Gasteiger partial charge is 0.290 e. The summed E-state index contributed by atoms with van der Waals surface area (Å²) < 4.78 is 0. The number of hydrogen-bond acceptors (Lipinski definition) is 3. The number of H-pyrrole nitrogens is 2. The van der Waals surface area contributed by atoms with Crippen LogP contribution >= 0.6 is 23.2 Å². The number of rotatable bonds is 1. The standard InChI is InChI=1S/C16H14Cl2N4O2/c1-7-12-8-2-3-9(17)13(18)14(8)20-10(12)4-5-22(7)16(24)15-19-6-11(23)21-15/h2-3,6-7,20,23H,4-5H2,1H3,(H,19,21). The van der Waals surface area contributed by atoms with Crippen LogP contribution in [0.2, 0.25) is 10.0 Å². The fourth-order valence-electron chi connectivity index (χ4n) is 3.37. The first-order valence-corrected chi connectivity index (χ1v) is 8.26. The van der Waals surface area contributed by atoms with Gasteiger partial charge >= 0.3 is 0 Å². The number of aromatic hydroxyl groups is 1. The molecule has 0 saturated heterocycles. The minimum absolute atomic E-state index is 0.128. The van der Waals surface area contributed by atoms with Gasteiger partial charge in [0.2, 0.25) is 5.88 Å². The van der Waals surface area contributed by atoms with E-state index in [2.05, 4.69) is 15.0 Å². The second kappa shape index (κ2) is 5.43. The zero-order valence-corrected chi connectivity index (χ0v) is 14.2. The Morgan fingerprint density at radius 1 is 1.38 bits per heavy atom. The third-order valence-electron chi connectivity index (χ3n) is 4.50. The van der Waals surface area contributed by atoms with E-state index < -0.39 is 0 Å². The Morgan fingerprint density at radius 2 is 2.17 bits per heavy atom. The molecule has 3 aromatic rings. The molecule has 0 radical (unpaired) electrons. The van der Waals surface area contributed by atoms with Gasteiger partial charge in [0.15, 0.2) is 5.82 Å². The van der Waals surface area contributed by atoms with Crippen molar-refractivity contribution >= 4 is 40.0 Å². The molecular weight excluding hydrogens is 351 g/mol. The first-order chi connectivity index (χ1) is 11.5. The highest BCUT2D eigenvalue weighted by atomic mass is 35.5. The molecule has 124 valence electrons. The number of halogens is 2. The molecule has 0 aliphatic carbocycles. The Bertz CT molecular complexity index is 963. The highest BCUT2D eigenvalue weighted by Crippen LogP contribution is 2.40. The molecule has 1 aliphatic heterocycles. The Balaban J connectivity index is 1.78. The van der Waals surface area contributed by atoms with Crippen molar-refractivity contribution in [3.8, 4) is 5.88 Å². The molecule has 6 nitrogen and oxygen atoms in total. The van der Waals surface area contributed by atoms with Crippen molar-refractivity contribution in [3.63, 3.8) is 0 Å². The zero-order chi connectivity index (χ0) is 17.0. The van der Waals surface area contributed by atoms with E-state index in [9.17, 15) is 9.90 Å². The summed E-state index contributed by atoms with van der Waals surface area (Å²) in [7, 11) is 0. The van der Waals surface area contributed by atoms with Crippen molar-refractivity contribution in [3.05, 3.63) is 45.5 Å². The summed E-state index contributed by atoms with van der Waals surface area (Å²) in [6, 6.07) is 3.53. The molecule has 2 aromatic heterocycles. The van der Waals surface area contributed by atoms with E-state index in [4.69, 9.17) is 23.2 Å². The number of fused-ring (bicyclic) bond motifs is 3. The van der Waals surface area contributed by atoms with Crippen molar-refractivity contribution in [1.29, 1.82) is 0 Å². The number of carbonyl (C=O) groups excluding carboxylic acids is 1. The van der Waals surface area contributed by atoms with Crippen LogP contribution < -0.4 is 0 Å². The summed E-state index contributed by atoms with van der Waals surface area (Å²) >= 11 is 12.4. The molecule has 3 N–H and O–H groups in total. The Labute approximate surface area is 147 Å². The lowest BCUT2D eigenvalue weighted by Gasteiger charge is -2.33. The number of imidazole rings is 1. The second-order valence-corrected chi connectivity index (χ2v) is 6.63. The van der Waals surface area contributed by atoms with Crippen molar-refractivity contribution in [1.82, 2.24) is 19.9 Å². The second-order valence-electron chi connectivity index (χ2n) is 5.84. The third kappa shape index (κ3) is 2.17. The summed E-state index contributed by atoms with van der Waals surface area (Å²) in [6.07, 6.45) is 1.90. The highest BCUT2D eigenvalue weighted by molar-refractivity contribution is 6.45. The molecule has 1 unspecified atom stereocenters. The summed E-state index contributed by atoms with van der Waals surface area (Å²) in [6.45, 7) is 2.51. The number of aromatic amines is 2. The van der Waals surface area contributed by atoms with E-state index in [0.29, 0.717) is 23.0 Å². The molecule has 0 saturated carbocycles. The number of amides is 1. The largest absolute Gasteiger partial charge is 0.493 e. The molecule has 8 heteroatoms. The Morgan fingerprint density at radius 3 is 2.88 bits per heavy atom. The average molecular weight is 365 g/mol. The van der Waals surface area contributed by atoms with Crippen LogP contribution in [0.4, 0.5) is 0 Å². The molecule has 3 heterocycles. The Hall–Kier alpha value is -2.18. The van der Waals surface area contributed by atoms with Gasteiger partial charge in [0.05, 0.1) is 27.8 Å². The number of aromatic nitrogens is 3. The molecule has 4 rings (SSSR count). The quantitative estimate of drug-likeness (QED) is 0.615. The lowest BCUT2D eigenvalue weighted by molar-refractivity contribution is 0.0666. The van der Waals surface area contributed by atoms with Gasteiger partial charge in [-0.15, -0.1) is 0 Å². The number of hydrogen-bond donors (Lipinski definition) is 3. The molecule has 1 aliphatic rings. The SMILES string of the molecule is CC1c2c([nH]c3c(Cl)c(Cl)ccc23)CCN1C(=O)c1ncc(O)[nH]1. The van der Waals surface area contributed by atoms with Crippen LogP contribution in [0.25, 0.3) is 10.9 Å². The van der Waals surface area contributed by atoms with Crippen LogP contribution in [-0.4, -0.2) is 37.4 Å². The molecule has 0 spiro atoms. The van der Waals surface area contributed by atoms with E-state index in [1.807, 2.05) is 13.0 Å². The maximum atomic E-state index is 12.7. The van der Waals surface area contributed by atoms with Gasteiger partial charge < -0.3 is 20.0 Å². The molecule has 0 bridgehead atoms. The van der Waals surface area contributed by atoms with Crippen LogP contribution in [0.3, 0.4) is 0 Å². The summed E-state index contributed by atoms with van der Waals surface area (Å²) in [5.41, 5.74) is 2.90. The van der Waals surface area contributed by atoms with Gasteiger partial charge in [-0.1, -0.05) is 29.3 Å². The number of benzene rings is 1. The fourth-order valence-corrected chi connectivity index (χ4v) is 3.74. The zero-order valence-electron chi connectivity index (χ0n) is 12.7. The summed E-state index contributed by atoms with van der Waals surface area (Å²) in [4.78, 5) is 24.2. The normalized spacial score (nSPS) is 17.3. The summed E-state index contributed by atoms with van der Waals surface area (Å²) in [5, 5.41) is 11.3. The predicted octanol–water partition coefficient (Wildman–Crippen LogP) is 3.66. The van der Waals surface area contributed by atoms with E-state index >= 15 is 0 Å². The minimum atomic E-state index is -0.247. The molecular formula is C16H14Cl2N4O2. The van der Waals surface area contributed by atoms with Gasteiger partial charge in [-0.3, -0.25) is 4.79 Å². The molecule has 0 fully saturated rings. The number of carbonyl (C=O) groups is 1. The third-order valence-corrected chi connectivity index (χ3v) is 5.30. The lowest BCUT2D eigenvalue weighted by Crippen LogP contribution is -2.39.